The first kappa shape index (κ1) is 15.4. The van der Waals surface area contributed by atoms with Crippen LogP contribution in [0.2, 0.25) is 0 Å². The quantitative estimate of drug-likeness (QED) is 0.906. The highest BCUT2D eigenvalue weighted by Gasteiger charge is 2.29. The van der Waals surface area contributed by atoms with Crippen LogP contribution in [-0.2, 0) is 0 Å². The van der Waals surface area contributed by atoms with Crippen molar-refractivity contribution in [2.75, 3.05) is 13.7 Å². The number of benzene rings is 1. The van der Waals surface area contributed by atoms with Gasteiger partial charge in [-0.05, 0) is 37.5 Å². The van der Waals surface area contributed by atoms with Crippen molar-refractivity contribution < 1.29 is 19.4 Å². The maximum Gasteiger partial charge on any atom is 0.335 e. The standard InChI is InChI=1S/C16H21NO4/c1-3-5-13-6-4-7-17(13)15(18)11-8-12(16(19)20)10-14(9-11)21-2/h8-10,13H,3-7H2,1-2H3,(H,19,20)/t13-/m0/s1. The zero-order valence-corrected chi connectivity index (χ0v) is 12.5. The summed E-state index contributed by atoms with van der Waals surface area (Å²) in [4.78, 5) is 25.7. The van der Waals surface area contributed by atoms with Gasteiger partial charge in [0.05, 0.1) is 12.7 Å². The summed E-state index contributed by atoms with van der Waals surface area (Å²) in [6.45, 7) is 2.85. The first-order chi connectivity index (χ1) is 10.1. The smallest absolute Gasteiger partial charge is 0.335 e. The Labute approximate surface area is 124 Å². The Morgan fingerprint density at radius 3 is 2.67 bits per heavy atom. The largest absolute Gasteiger partial charge is 0.497 e. The second-order valence-electron chi connectivity index (χ2n) is 5.34. The van der Waals surface area contributed by atoms with E-state index in [9.17, 15) is 9.59 Å². The molecule has 0 aromatic heterocycles. The first-order valence-electron chi connectivity index (χ1n) is 7.30. The van der Waals surface area contributed by atoms with Crippen LogP contribution < -0.4 is 4.74 Å². The molecular formula is C16H21NO4. The highest BCUT2D eigenvalue weighted by atomic mass is 16.5. The number of carbonyl (C=O) groups is 2. The molecule has 1 heterocycles. The molecule has 0 saturated carbocycles. The molecular weight excluding hydrogens is 270 g/mol. The zero-order chi connectivity index (χ0) is 15.4. The number of carboxylic acid groups (broad SMARTS) is 1. The molecule has 0 radical (unpaired) electrons. The van der Waals surface area contributed by atoms with Gasteiger partial charge in [-0.1, -0.05) is 13.3 Å². The average Bonchev–Trinajstić information content (AvgIpc) is 2.94. The van der Waals surface area contributed by atoms with E-state index in [0.717, 1.165) is 32.2 Å². The van der Waals surface area contributed by atoms with Crippen LogP contribution in [0.15, 0.2) is 18.2 Å². The molecule has 114 valence electrons. The van der Waals surface area contributed by atoms with Crippen molar-refractivity contribution in [2.45, 2.75) is 38.6 Å². The Morgan fingerprint density at radius 2 is 2.05 bits per heavy atom. The molecule has 2 rings (SSSR count). The molecule has 1 N–H and O–H groups in total. The summed E-state index contributed by atoms with van der Waals surface area (Å²) in [5, 5.41) is 9.13. The molecule has 1 fully saturated rings. The molecule has 21 heavy (non-hydrogen) atoms. The van der Waals surface area contributed by atoms with Crippen LogP contribution in [0, 0.1) is 0 Å². The summed E-state index contributed by atoms with van der Waals surface area (Å²) in [7, 11) is 1.46. The van der Waals surface area contributed by atoms with Crippen molar-refractivity contribution in [1.82, 2.24) is 4.90 Å². The Kier molecular flexibility index (Phi) is 4.83. The number of methoxy groups -OCH3 is 1. The van der Waals surface area contributed by atoms with Gasteiger partial charge >= 0.3 is 5.97 Å². The van der Waals surface area contributed by atoms with Gasteiger partial charge in [0.1, 0.15) is 5.75 Å². The summed E-state index contributed by atoms with van der Waals surface area (Å²) in [6.07, 6.45) is 4.05. The number of rotatable bonds is 5. The Bertz CT molecular complexity index is 541. The molecule has 1 aromatic carbocycles. The third-order valence-electron chi connectivity index (χ3n) is 3.90. The normalized spacial score (nSPS) is 17.8. The number of carbonyl (C=O) groups excluding carboxylic acids is 1. The first-order valence-corrected chi connectivity index (χ1v) is 7.30. The van der Waals surface area contributed by atoms with E-state index in [0.29, 0.717) is 11.3 Å². The number of amides is 1. The number of hydrogen-bond acceptors (Lipinski definition) is 3. The number of carboxylic acids is 1. The molecule has 1 aliphatic heterocycles. The van der Waals surface area contributed by atoms with Gasteiger partial charge in [0, 0.05) is 18.2 Å². The van der Waals surface area contributed by atoms with Crippen molar-refractivity contribution in [2.24, 2.45) is 0 Å². The lowest BCUT2D eigenvalue weighted by Gasteiger charge is -2.24. The lowest BCUT2D eigenvalue weighted by Crippen LogP contribution is -2.35. The molecule has 0 aliphatic carbocycles. The lowest BCUT2D eigenvalue weighted by atomic mass is 10.1. The number of nitrogens with zero attached hydrogens (tertiary/aromatic N) is 1. The van der Waals surface area contributed by atoms with Crippen molar-refractivity contribution in [3.8, 4) is 5.75 Å². The maximum absolute atomic E-state index is 12.7. The summed E-state index contributed by atoms with van der Waals surface area (Å²) in [5.41, 5.74) is 0.457. The molecule has 1 aromatic rings. The van der Waals surface area contributed by atoms with E-state index in [1.54, 1.807) is 6.07 Å². The zero-order valence-electron chi connectivity index (χ0n) is 12.5. The minimum atomic E-state index is -1.06. The summed E-state index contributed by atoms with van der Waals surface area (Å²) in [6, 6.07) is 4.72. The van der Waals surface area contributed by atoms with Crippen molar-refractivity contribution in [1.29, 1.82) is 0 Å². The van der Waals surface area contributed by atoms with E-state index >= 15 is 0 Å². The maximum atomic E-state index is 12.7. The highest BCUT2D eigenvalue weighted by Crippen LogP contribution is 2.25. The average molecular weight is 291 g/mol. The summed E-state index contributed by atoms with van der Waals surface area (Å²) in [5.74, 6) is -0.772. The molecule has 0 unspecified atom stereocenters. The van der Waals surface area contributed by atoms with Crippen LogP contribution >= 0.6 is 0 Å². The third-order valence-corrected chi connectivity index (χ3v) is 3.90. The molecule has 1 amide bonds. The van der Waals surface area contributed by atoms with Gasteiger partial charge in [0.2, 0.25) is 0 Å². The minimum Gasteiger partial charge on any atom is -0.497 e. The highest BCUT2D eigenvalue weighted by molar-refractivity contribution is 5.98. The van der Waals surface area contributed by atoms with Gasteiger partial charge in [-0.2, -0.15) is 0 Å². The van der Waals surface area contributed by atoms with Crippen LogP contribution in [0.3, 0.4) is 0 Å². The Morgan fingerprint density at radius 1 is 1.33 bits per heavy atom. The molecule has 1 aliphatic rings. The predicted molar refractivity (Wildman–Crippen MR) is 78.9 cm³/mol. The minimum absolute atomic E-state index is 0.0731. The van der Waals surface area contributed by atoms with Gasteiger partial charge < -0.3 is 14.7 Å². The van der Waals surface area contributed by atoms with Crippen LogP contribution in [0.25, 0.3) is 0 Å². The van der Waals surface area contributed by atoms with Gasteiger partial charge in [-0.15, -0.1) is 0 Å². The molecule has 0 bridgehead atoms. The monoisotopic (exact) mass is 291 g/mol. The van der Waals surface area contributed by atoms with Gasteiger partial charge in [-0.25, -0.2) is 4.79 Å². The Hall–Kier alpha value is -2.04. The summed E-state index contributed by atoms with van der Waals surface area (Å²) >= 11 is 0. The van der Waals surface area contributed by atoms with Crippen molar-refractivity contribution in [3.05, 3.63) is 29.3 Å². The second kappa shape index (κ2) is 6.61. The number of ether oxygens (including phenoxy) is 1. The topological polar surface area (TPSA) is 66.8 Å². The fraction of sp³-hybridized carbons (Fsp3) is 0.500. The van der Waals surface area contributed by atoms with E-state index in [2.05, 4.69) is 6.92 Å². The van der Waals surface area contributed by atoms with E-state index in [4.69, 9.17) is 9.84 Å². The van der Waals surface area contributed by atoms with Crippen LogP contribution in [0.1, 0.15) is 53.3 Å². The fourth-order valence-corrected chi connectivity index (χ4v) is 2.87. The molecule has 1 saturated heterocycles. The second-order valence-corrected chi connectivity index (χ2v) is 5.34. The van der Waals surface area contributed by atoms with Crippen molar-refractivity contribution in [3.63, 3.8) is 0 Å². The fourth-order valence-electron chi connectivity index (χ4n) is 2.87. The number of aromatic carboxylic acids is 1. The molecule has 0 spiro atoms. The Balaban J connectivity index is 2.29. The van der Waals surface area contributed by atoms with E-state index in [1.807, 2.05) is 4.90 Å². The van der Waals surface area contributed by atoms with Gasteiger partial charge in [-0.3, -0.25) is 4.79 Å². The van der Waals surface area contributed by atoms with Gasteiger partial charge in [0.15, 0.2) is 0 Å². The third kappa shape index (κ3) is 3.35. The summed E-state index contributed by atoms with van der Waals surface area (Å²) < 4.78 is 5.10. The van der Waals surface area contributed by atoms with E-state index in [-0.39, 0.29) is 17.5 Å². The van der Waals surface area contributed by atoms with E-state index < -0.39 is 5.97 Å². The number of likely N-dealkylation sites (tertiary alicyclic amines) is 1. The van der Waals surface area contributed by atoms with Crippen LogP contribution in [0.5, 0.6) is 5.75 Å². The number of hydrogen-bond donors (Lipinski definition) is 1. The van der Waals surface area contributed by atoms with Gasteiger partial charge in [0.25, 0.3) is 5.91 Å². The van der Waals surface area contributed by atoms with Crippen LogP contribution in [-0.4, -0.2) is 41.6 Å². The molecule has 5 nitrogen and oxygen atoms in total. The van der Waals surface area contributed by atoms with Crippen LogP contribution in [0.4, 0.5) is 0 Å². The molecule has 5 heteroatoms. The lowest BCUT2D eigenvalue weighted by molar-refractivity contribution is 0.0696. The SMILES string of the molecule is CCC[C@H]1CCCN1C(=O)c1cc(OC)cc(C(=O)O)c1. The van der Waals surface area contributed by atoms with E-state index in [1.165, 1.54) is 19.2 Å². The predicted octanol–water partition coefficient (Wildman–Crippen LogP) is 2.80. The van der Waals surface area contributed by atoms with Crippen molar-refractivity contribution >= 4 is 11.9 Å². The molecule has 1 atom stereocenters.